The van der Waals surface area contributed by atoms with Crippen molar-refractivity contribution in [1.29, 1.82) is 0 Å². The first kappa shape index (κ1) is 38.2. The number of aliphatic hydroxyl groups excluding tert-OH is 1. The summed E-state index contributed by atoms with van der Waals surface area (Å²) in [4.78, 5) is 21.5. The van der Waals surface area contributed by atoms with E-state index >= 15 is 0 Å². The second kappa shape index (κ2) is 14.7. The molecule has 3 aromatic carbocycles. The van der Waals surface area contributed by atoms with Gasteiger partial charge in [-0.1, -0.05) is 105 Å². The van der Waals surface area contributed by atoms with Crippen molar-refractivity contribution in [2.75, 3.05) is 0 Å². The fourth-order valence-electron chi connectivity index (χ4n) is 6.82. The van der Waals surface area contributed by atoms with Crippen molar-refractivity contribution in [3.8, 4) is 22.6 Å². The van der Waals surface area contributed by atoms with Crippen molar-refractivity contribution in [1.82, 2.24) is 9.97 Å². The number of allylic oxidation sites excluding steroid dienone is 2. The second-order valence-electron chi connectivity index (χ2n) is 14.7. The van der Waals surface area contributed by atoms with E-state index in [2.05, 4.69) is 75.1 Å². The van der Waals surface area contributed by atoms with Crippen molar-refractivity contribution in [2.45, 2.75) is 106 Å². The Balaban J connectivity index is 0.000000260. The van der Waals surface area contributed by atoms with Gasteiger partial charge in [0, 0.05) is 48.0 Å². The summed E-state index contributed by atoms with van der Waals surface area (Å²) in [5.41, 5.74) is 7.94. The summed E-state index contributed by atoms with van der Waals surface area (Å²) in [6.45, 7) is 21.0. The van der Waals surface area contributed by atoms with E-state index in [4.69, 9.17) is 9.40 Å². The molecule has 0 unspecified atom stereocenters. The van der Waals surface area contributed by atoms with E-state index < -0.39 is 0 Å². The standard InChI is InChI=1S/C28H23N2O.C15H28O2.Ir/c1-16(2)17-12-13-18-22(14-17)29-15-30-26(18)20-9-7-10-21-24(20)28(3,4)25-19-8-5-6-11-23(19)31-27(21)25;1-7-14(5,8-2)12(16)11-13(17)15(6,9-3)10-4;/h5-8,10-16H,1-4H3;11,16H,7-10H2,1-6H3;/q-1;;/b;12-11-;. The minimum atomic E-state index is -0.337. The monoisotopic (exact) mass is 836 g/mol. The zero-order valence-corrected chi connectivity index (χ0v) is 33.1. The number of ketones is 1. The van der Waals surface area contributed by atoms with E-state index in [9.17, 15) is 9.90 Å². The van der Waals surface area contributed by atoms with Crippen LogP contribution in [0.3, 0.4) is 0 Å². The molecule has 0 spiro atoms. The molecule has 261 valence electrons. The first-order valence-electron chi connectivity index (χ1n) is 17.5. The van der Waals surface area contributed by atoms with Crippen LogP contribution < -0.4 is 0 Å². The van der Waals surface area contributed by atoms with E-state index in [-0.39, 0.29) is 47.9 Å². The van der Waals surface area contributed by atoms with Crippen LogP contribution in [-0.2, 0) is 30.3 Å². The largest absolute Gasteiger partial charge is 0.512 e. The number of aromatic nitrogens is 2. The summed E-state index contributed by atoms with van der Waals surface area (Å²) in [5, 5.41) is 12.4. The molecule has 2 aromatic heterocycles. The number of carbonyl (C=O) groups excluding carboxylic acids is 1. The summed E-state index contributed by atoms with van der Waals surface area (Å²) >= 11 is 0. The topological polar surface area (TPSA) is 76.2 Å². The van der Waals surface area contributed by atoms with Gasteiger partial charge in [-0.05, 0) is 65.8 Å². The van der Waals surface area contributed by atoms with Crippen molar-refractivity contribution in [3.05, 3.63) is 95.5 Å². The van der Waals surface area contributed by atoms with Gasteiger partial charge in [0.1, 0.15) is 23.4 Å². The number of furan rings is 1. The average molecular weight is 836 g/mol. The van der Waals surface area contributed by atoms with Crippen LogP contribution in [0.15, 0.2) is 77.2 Å². The Labute approximate surface area is 306 Å². The van der Waals surface area contributed by atoms with E-state index in [1.54, 1.807) is 6.33 Å². The third-order valence-electron chi connectivity index (χ3n) is 11.3. The first-order chi connectivity index (χ1) is 22.8. The Kier molecular flexibility index (Phi) is 11.5. The molecule has 0 saturated heterocycles. The number of para-hydroxylation sites is 1. The molecule has 0 saturated carbocycles. The molecule has 6 rings (SSSR count). The van der Waals surface area contributed by atoms with Gasteiger partial charge in [-0.3, -0.25) is 9.78 Å². The fraction of sp³-hybridized carbons (Fsp3) is 0.419. The van der Waals surface area contributed by atoms with Crippen molar-refractivity contribution in [2.24, 2.45) is 10.8 Å². The number of rotatable bonds is 9. The van der Waals surface area contributed by atoms with Crippen LogP contribution in [0.5, 0.6) is 0 Å². The molecular weight excluding hydrogens is 785 g/mol. The third kappa shape index (κ3) is 6.79. The molecule has 1 aliphatic carbocycles. The molecule has 5 aromatic rings. The molecule has 1 aliphatic rings. The van der Waals surface area contributed by atoms with Crippen LogP contribution in [0.1, 0.15) is 118 Å². The SMILES string of the molecule is CC(C)c1ccc2c(-c3[c-]ccc4c3C(C)(C)c3c-4oc4ccccc34)ncnc2c1.CCC(C)(CC)C(=O)/C=C(\O)C(C)(CC)CC.[Ir]. The zero-order valence-electron chi connectivity index (χ0n) is 30.7. The van der Waals surface area contributed by atoms with Gasteiger partial charge in [0.25, 0.3) is 0 Å². The molecule has 1 radical (unpaired) electrons. The van der Waals surface area contributed by atoms with Gasteiger partial charge in [-0.2, -0.15) is 0 Å². The molecule has 2 heterocycles. The Hall–Kier alpha value is -3.60. The van der Waals surface area contributed by atoms with Gasteiger partial charge in [0.05, 0.1) is 5.52 Å². The Morgan fingerprint density at radius 3 is 2.20 bits per heavy atom. The molecule has 0 amide bonds. The van der Waals surface area contributed by atoms with Gasteiger partial charge in [0.15, 0.2) is 5.78 Å². The molecule has 0 bridgehead atoms. The summed E-state index contributed by atoms with van der Waals surface area (Å²) in [5.74, 6) is 1.71. The molecule has 49 heavy (non-hydrogen) atoms. The quantitative estimate of drug-likeness (QED) is 0.0909. The molecule has 0 fully saturated rings. The second-order valence-corrected chi connectivity index (χ2v) is 14.7. The number of nitrogens with zero attached hydrogens (tertiary/aromatic N) is 2. The number of carbonyl (C=O) groups is 1. The molecular formula is C43H51IrN2O3-. The summed E-state index contributed by atoms with van der Waals surface area (Å²) < 4.78 is 6.35. The Morgan fingerprint density at radius 1 is 0.918 bits per heavy atom. The summed E-state index contributed by atoms with van der Waals surface area (Å²) in [6, 6.07) is 22.4. The predicted octanol–water partition coefficient (Wildman–Crippen LogP) is 11.9. The minimum absolute atomic E-state index is 0. The summed E-state index contributed by atoms with van der Waals surface area (Å²) in [7, 11) is 0. The van der Waals surface area contributed by atoms with Crippen LogP contribution in [0.2, 0.25) is 0 Å². The number of benzene rings is 3. The molecule has 1 N–H and O–H groups in total. The van der Waals surface area contributed by atoms with Gasteiger partial charge < -0.3 is 9.52 Å². The Morgan fingerprint density at radius 2 is 1.57 bits per heavy atom. The van der Waals surface area contributed by atoms with Crippen LogP contribution in [0, 0.1) is 16.9 Å². The van der Waals surface area contributed by atoms with Gasteiger partial charge in [-0.25, -0.2) is 4.98 Å². The van der Waals surface area contributed by atoms with Gasteiger partial charge in [-0.15, -0.1) is 29.3 Å². The molecule has 0 aliphatic heterocycles. The zero-order chi connectivity index (χ0) is 35.0. The Bertz CT molecular complexity index is 1990. The van der Waals surface area contributed by atoms with Gasteiger partial charge >= 0.3 is 0 Å². The van der Waals surface area contributed by atoms with E-state index in [1.807, 2.05) is 59.7 Å². The number of hydrogen-bond donors (Lipinski definition) is 1. The van der Waals surface area contributed by atoms with Crippen LogP contribution in [0.25, 0.3) is 44.5 Å². The van der Waals surface area contributed by atoms with Crippen LogP contribution in [-0.4, -0.2) is 20.9 Å². The van der Waals surface area contributed by atoms with E-state index in [1.165, 1.54) is 28.2 Å². The first-order valence-corrected chi connectivity index (χ1v) is 17.5. The van der Waals surface area contributed by atoms with Gasteiger partial charge in [0.2, 0.25) is 0 Å². The van der Waals surface area contributed by atoms with E-state index in [0.717, 1.165) is 64.8 Å². The molecule has 0 atom stereocenters. The average Bonchev–Trinajstić information content (AvgIpc) is 3.60. The smallest absolute Gasteiger partial charge is 0.164 e. The maximum Gasteiger partial charge on any atom is 0.164 e. The maximum absolute atomic E-state index is 12.2. The minimum Gasteiger partial charge on any atom is -0.512 e. The number of aliphatic hydroxyl groups is 1. The van der Waals surface area contributed by atoms with Crippen LogP contribution in [0.4, 0.5) is 0 Å². The number of hydrogen-bond acceptors (Lipinski definition) is 5. The molecule has 5 nitrogen and oxygen atoms in total. The van der Waals surface area contributed by atoms with Crippen LogP contribution >= 0.6 is 0 Å². The summed E-state index contributed by atoms with van der Waals surface area (Å²) in [6.07, 6.45) is 6.42. The molecule has 6 heteroatoms. The van der Waals surface area contributed by atoms with Crippen molar-refractivity contribution < 1.29 is 34.4 Å². The predicted molar refractivity (Wildman–Crippen MR) is 198 cm³/mol. The van der Waals surface area contributed by atoms with Crippen molar-refractivity contribution >= 4 is 27.7 Å². The van der Waals surface area contributed by atoms with Crippen molar-refractivity contribution in [3.63, 3.8) is 0 Å². The number of fused-ring (bicyclic) bond motifs is 6. The van der Waals surface area contributed by atoms with E-state index in [0.29, 0.717) is 5.92 Å². The fourth-order valence-corrected chi connectivity index (χ4v) is 6.82. The normalized spacial score (nSPS) is 13.9. The third-order valence-corrected chi connectivity index (χ3v) is 11.3. The maximum atomic E-state index is 12.2.